The van der Waals surface area contributed by atoms with Crippen LogP contribution in [0, 0.1) is 29.6 Å². The van der Waals surface area contributed by atoms with Crippen molar-refractivity contribution in [2.24, 2.45) is 22.7 Å². The smallest absolute Gasteiger partial charge is 0.170 e. The zero-order chi connectivity index (χ0) is 14.0. The van der Waals surface area contributed by atoms with Crippen molar-refractivity contribution in [2.45, 2.75) is 52.4 Å². The topological polar surface area (TPSA) is 30.0 Å². The number of carbonyl (C=O) groups excluding carboxylic acids is 1. The molecule has 0 radical (unpaired) electrons. The minimum absolute atomic E-state index is 0.0598. The highest BCUT2D eigenvalue weighted by Gasteiger charge is 2.58. The van der Waals surface area contributed by atoms with Crippen molar-refractivity contribution in [3.63, 3.8) is 0 Å². The van der Waals surface area contributed by atoms with E-state index in [4.69, 9.17) is 0 Å². The van der Waals surface area contributed by atoms with E-state index in [2.05, 4.69) is 11.9 Å². The average molecular weight is 269 g/mol. The first-order chi connectivity index (χ1) is 9.48. The molecule has 4 aliphatic carbocycles. The van der Waals surface area contributed by atoms with Gasteiger partial charge in [-0.1, -0.05) is 6.92 Å². The number of hydrogen-bond donors (Lipinski definition) is 0. The second-order valence-corrected chi connectivity index (χ2v) is 8.07. The summed E-state index contributed by atoms with van der Waals surface area (Å²) in [6.45, 7) is 4.39. The van der Waals surface area contributed by atoms with Gasteiger partial charge in [0.25, 0.3) is 0 Å². The van der Waals surface area contributed by atoms with Gasteiger partial charge in [-0.15, -0.1) is 0 Å². The van der Waals surface area contributed by atoms with Crippen molar-refractivity contribution >= 4 is 5.78 Å². The lowest BCUT2D eigenvalue weighted by Gasteiger charge is -2.60. The number of Topliss-reactive ketones (excluding diaryl/α,β-unsaturated/α-hetero) is 1. The number of hydrogen-bond acceptors (Lipinski definition) is 2. The van der Waals surface area contributed by atoms with Gasteiger partial charge in [0.2, 0.25) is 0 Å². The third-order valence-electron chi connectivity index (χ3n) is 6.01. The van der Waals surface area contributed by atoms with Gasteiger partial charge in [-0.3, -0.25) is 9.78 Å². The quantitative estimate of drug-likeness (QED) is 0.754. The number of aromatic nitrogens is 1. The van der Waals surface area contributed by atoms with Crippen LogP contribution in [0.3, 0.4) is 0 Å². The van der Waals surface area contributed by atoms with E-state index < -0.39 is 0 Å². The van der Waals surface area contributed by atoms with Crippen LogP contribution in [-0.4, -0.2) is 10.8 Å². The molecule has 0 aromatic carbocycles. The van der Waals surface area contributed by atoms with Crippen LogP contribution in [-0.2, 0) is 0 Å². The third-order valence-corrected chi connectivity index (χ3v) is 6.01. The lowest BCUT2D eigenvalue weighted by Crippen LogP contribution is -2.54. The monoisotopic (exact) mass is 269 g/mol. The van der Waals surface area contributed by atoms with E-state index in [0.29, 0.717) is 11.2 Å². The molecular formula is C18H23NO. The van der Waals surface area contributed by atoms with E-state index in [1.165, 1.54) is 19.3 Å². The molecule has 4 saturated carbocycles. The van der Waals surface area contributed by atoms with Crippen LogP contribution >= 0.6 is 0 Å². The van der Waals surface area contributed by atoms with Crippen LogP contribution in [0.1, 0.15) is 61.5 Å². The molecular weight excluding hydrogens is 246 g/mol. The summed E-state index contributed by atoms with van der Waals surface area (Å²) in [6, 6.07) is 3.95. The Bertz CT molecular complexity index is 545. The molecule has 4 aliphatic rings. The Labute approximate surface area is 121 Å². The summed E-state index contributed by atoms with van der Waals surface area (Å²) in [5.41, 5.74) is 2.19. The largest absolute Gasteiger partial charge is 0.293 e. The molecule has 0 amide bonds. The number of nitrogens with zero attached hydrogens (tertiary/aromatic N) is 1. The maximum Gasteiger partial charge on any atom is 0.170 e. The first kappa shape index (κ1) is 12.6. The molecule has 4 fully saturated rings. The predicted octanol–water partition coefficient (Wildman–Crippen LogP) is 4.18. The summed E-state index contributed by atoms with van der Waals surface area (Å²) in [7, 11) is 0. The molecule has 0 spiro atoms. The number of pyridine rings is 1. The molecule has 106 valence electrons. The molecule has 1 heterocycles. The Morgan fingerprint density at radius 2 is 1.90 bits per heavy atom. The van der Waals surface area contributed by atoms with Gasteiger partial charge in [0.1, 0.15) is 0 Å². The van der Waals surface area contributed by atoms with Crippen molar-refractivity contribution in [3.05, 3.63) is 29.6 Å². The van der Waals surface area contributed by atoms with Gasteiger partial charge < -0.3 is 0 Å². The van der Waals surface area contributed by atoms with Gasteiger partial charge in [-0.2, -0.15) is 0 Å². The molecule has 2 atom stereocenters. The summed E-state index contributed by atoms with van der Waals surface area (Å²) < 4.78 is 0. The molecule has 1 aromatic heterocycles. The van der Waals surface area contributed by atoms with Gasteiger partial charge in [0.15, 0.2) is 5.78 Å². The molecule has 0 saturated heterocycles. The SMILES string of the molecule is Cc1ccc(C(=O)C23CC4CC(CC(C)(C4)C2)C3)cn1. The molecule has 2 heteroatoms. The molecule has 0 N–H and O–H groups in total. The van der Waals surface area contributed by atoms with Crippen molar-refractivity contribution < 1.29 is 4.79 Å². The Hall–Kier alpha value is -1.18. The van der Waals surface area contributed by atoms with E-state index in [-0.39, 0.29) is 5.41 Å². The summed E-state index contributed by atoms with van der Waals surface area (Å²) >= 11 is 0. The van der Waals surface area contributed by atoms with E-state index >= 15 is 0 Å². The standard InChI is InChI=1S/C18H23NO/c1-12-3-4-15(10-19-12)16(20)18-8-13-5-14(9-18)7-17(2,6-13)11-18/h3-4,10,13-14H,5-9,11H2,1-2H3. The molecule has 0 aliphatic heterocycles. The summed E-state index contributed by atoms with van der Waals surface area (Å²) in [5, 5.41) is 0. The molecule has 2 unspecified atom stereocenters. The maximum absolute atomic E-state index is 13.1. The Morgan fingerprint density at radius 1 is 1.20 bits per heavy atom. The number of carbonyl (C=O) groups is 1. The highest BCUT2D eigenvalue weighted by atomic mass is 16.1. The van der Waals surface area contributed by atoms with Crippen molar-refractivity contribution in [3.8, 4) is 0 Å². The number of ketones is 1. The zero-order valence-electron chi connectivity index (χ0n) is 12.5. The van der Waals surface area contributed by atoms with Crippen LogP contribution in [0.25, 0.3) is 0 Å². The van der Waals surface area contributed by atoms with Gasteiger partial charge in [-0.05, 0) is 74.8 Å². The van der Waals surface area contributed by atoms with E-state index in [0.717, 1.165) is 42.4 Å². The van der Waals surface area contributed by atoms with Crippen LogP contribution < -0.4 is 0 Å². The van der Waals surface area contributed by atoms with Gasteiger partial charge in [0, 0.05) is 22.9 Å². The first-order valence-corrected chi connectivity index (χ1v) is 7.96. The Kier molecular flexibility index (Phi) is 2.47. The van der Waals surface area contributed by atoms with Crippen molar-refractivity contribution in [2.75, 3.05) is 0 Å². The van der Waals surface area contributed by atoms with Gasteiger partial charge in [0.05, 0.1) is 0 Å². The van der Waals surface area contributed by atoms with Crippen LogP contribution in [0.4, 0.5) is 0 Å². The Balaban J connectivity index is 1.70. The normalized spacial score (nSPS) is 41.9. The van der Waals surface area contributed by atoms with Gasteiger partial charge in [-0.25, -0.2) is 0 Å². The average Bonchev–Trinajstić information content (AvgIpc) is 2.36. The number of aryl methyl sites for hydroxylation is 1. The molecule has 1 aromatic rings. The van der Waals surface area contributed by atoms with Crippen LogP contribution in [0.15, 0.2) is 18.3 Å². The van der Waals surface area contributed by atoms with Crippen LogP contribution in [0.5, 0.6) is 0 Å². The maximum atomic E-state index is 13.1. The molecule has 20 heavy (non-hydrogen) atoms. The van der Waals surface area contributed by atoms with E-state index in [1.807, 2.05) is 19.1 Å². The molecule has 5 rings (SSSR count). The van der Waals surface area contributed by atoms with E-state index in [9.17, 15) is 4.79 Å². The van der Waals surface area contributed by atoms with Crippen LogP contribution in [0.2, 0.25) is 0 Å². The summed E-state index contributed by atoms with van der Waals surface area (Å²) in [4.78, 5) is 17.4. The lowest BCUT2D eigenvalue weighted by molar-refractivity contribution is -0.0820. The number of rotatable bonds is 2. The fraction of sp³-hybridized carbons (Fsp3) is 0.667. The highest BCUT2D eigenvalue weighted by Crippen LogP contribution is 2.65. The second kappa shape index (κ2) is 3.93. The summed E-state index contributed by atoms with van der Waals surface area (Å²) in [5.74, 6) is 1.97. The Morgan fingerprint density at radius 3 is 2.45 bits per heavy atom. The minimum atomic E-state index is -0.0598. The molecule has 2 nitrogen and oxygen atoms in total. The van der Waals surface area contributed by atoms with Crippen molar-refractivity contribution in [1.82, 2.24) is 4.98 Å². The predicted molar refractivity (Wildman–Crippen MR) is 78.5 cm³/mol. The minimum Gasteiger partial charge on any atom is -0.293 e. The highest BCUT2D eigenvalue weighted by molar-refractivity contribution is 6.00. The first-order valence-electron chi connectivity index (χ1n) is 7.96. The molecule has 4 bridgehead atoms. The summed E-state index contributed by atoms with van der Waals surface area (Å²) in [6.07, 6.45) is 9.24. The zero-order valence-corrected chi connectivity index (χ0v) is 12.5. The third kappa shape index (κ3) is 1.77. The van der Waals surface area contributed by atoms with E-state index in [1.54, 1.807) is 6.20 Å². The fourth-order valence-electron chi connectivity index (χ4n) is 5.89. The second-order valence-electron chi connectivity index (χ2n) is 8.07. The van der Waals surface area contributed by atoms with Crippen molar-refractivity contribution in [1.29, 1.82) is 0 Å². The lowest BCUT2D eigenvalue weighted by atomic mass is 9.43. The van der Waals surface area contributed by atoms with Gasteiger partial charge >= 0.3 is 0 Å². The fourth-order valence-corrected chi connectivity index (χ4v) is 5.89.